The van der Waals surface area contributed by atoms with Crippen molar-refractivity contribution in [3.63, 3.8) is 0 Å². The maximum atomic E-state index is 9.48. The van der Waals surface area contributed by atoms with Crippen molar-refractivity contribution in [2.45, 2.75) is 4.90 Å². The summed E-state index contributed by atoms with van der Waals surface area (Å²) >= 11 is 1.59. The Hall–Kier alpha value is -1.16. The van der Waals surface area contributed by atoms with E-state index in [2.05, 4.69) is 9.97 Å². The molecule has 0 aliphatic rings. The summed E-state index contributed by atoms with van der Waals surface area (Å²) in [5.74, 6) is 0.234. The Labute approximate surface area is 73.8 Å². The van der Waals surface area contributed by atoms with Gasteiger partial charge in [-0.15, -0.1) is 11.8 Å². The number of hydrogen-bond donors (Lipinski definition) is 2. The fraction of sp³-hybridized carbons (Fsp3) is 0.125. The molecule has 3 nitrogen and oxygen atoms in total. The number of aromatic hydroxyl groups is 1. The predicted octanol–water partition coefficient (Wildman–Crippen LogP) is 1.99. The maximum absolute atomic E-state index is 9.48. The standard InChI is InChI=1S/C8H8N2OS/c1-12-5-2-6-8(7(11)3-5)10-4-9-6/h2-4,11H,1H3,(H,9,10). The zero-order valence-electron chi connectivity index (χ0n) is 6.53. The fourth-order valence-corrected chi connectivity index (χ4v) is 1.59. The van der Waals surface area contributed by atoms with Crippen molar-refractivity contribution in [2.24, 2.45) is 0 Å². The van der Waals surface area contributed by atoms with E-state index in [0.717, 1.165) is 10.4 Å². The zero-order valence-corrected chi connectivity index (χ0v) is 7.35. The second kappa shape index (κ2) is 2.71. The third-order valence-electron chi connectivity index (χ3n) is 1.71. The van der Waals surface area contributed by atoms with E-state index in [4.69, 9.17) is 0 Å². The molecule has 0 atom stereocenters. The molecule has 1 aromatic heterocycles. The summed E-state index contributed by atoms with van der Waals surface area (Å²) in [4.78, 5) is 7.96. The number of nitrogens with zero attached hydrogens (tertiary/aromatic N) is 1. The number of hydrogen-bond acceptors (Lipinski definition) is 3. The van der Waals surface area contributed by atoms with E-state index >= 15 is 0 Å². The second-order valence-corrected chi connectivity index (χ2v) is 3.32. The molecule has 0 aliphatic carbocycles. The highest BCUT2D eigenvalue weighted by Gasteiger charge is 2.03. The van der Waals surface area contributed by atoms with Gasteiger partial charge in [0.15, 0.2) is 0 Å². The molecule has 2 aromatic rings. The van der Waals surface area contributed by atoms with Gasteiger partial charge in [-0.1, -0.05) is 0 Å². The number of aromatic amines is 1. The number of thioether (sulfide) groups is 1. The maximum Gasteiger partial charge on any atom is 0.144 e. The van der Waals surface area contributed by atoms with E-state index in [0.29, 0.717) is 5.52 Å². The first-order valence-electron chi connectivity index (χ1n) is 3.51. The monoisotopic (exact) mass is 180 g/mol. The number of fused-ring (bicyclic) bond motifs is 1. The minimum atomic E-state index is 0.234. The number of nitrogens with one attached hydrogen (secondary N) is 1. The van der Waals surface area contributed by atoms with Gasteiger partial charge >= 0.3 is 0 Å². The van der Waals surface area contributed by atoms with E-state index in [9.17, 15) is 5.11 Å². The first kappa shape index (κ1) is 7.49. The van der Waals surface area contributed by atoms with E-state index in [1.54, 1.807) is 24.2 Å². The molecule has 1 aromatic carbocycles. The minimum Gasteiger partial charge on any atom is -0.506 e. The van der Waals surface area contributed by atoms with Crippen LogP contribution in [0.3, 0.4) is 0 Å². The number of aromatic nitrogens is 2. The van der Waals surface area contributed by atoms with Crippen molar-refractivity contribution in [1.29, 1.82) is 0 Å². The van der Waals surface area contributed by atoms with Gasteiger partial charge in [-0.25, -0.2) is 4.98 Å². The minimum absolute atomic E-state index is 0.234. The molecule has 2 rings (SSSR count). The molecule has 1 heterocycles. The SMILES string of the molecule is CSc1cc(O)c2nc[nH]c2c1. The summed E-state index contributed by atoms with van der Waals surface area (Å²) in [6.07, 6.45) is 3.55. The molecule has 0 radical (unpaired) electrons. The Kier molecular flexibility index (Phi) is 1.69. The summed E-state index contributed by atoms with van der Waals surface area (Å²) in [5.41, 5.74) is 1.51. The van der Waals surface area contributed by atoms with E-state index < -0.39 is 0 Å². The highest BCUT2D eigenvalue weighted by molar-refractivity contribution is 7.98. The number of imidazole rings is 1. The van der Waals surface area contributed by atoms with Gasteiger partial charge in [-0.2, -0.15) is 0 Å². The molecule has 62 valence electrons. The largest absolute Gasteiger partial charge is 0.506 e. The number of rotatable bonds is 1. The molecule has 0 saturated carbocycles. The number of phenols is 1. The molecule has 0 aliphatic heterocycles. The summed E-state index contributed by atoms with van der Waals surface area (Å²) in [5, 5.41) is 9.48. The van der Waals surface area contributed by atoms with Gasteiger partial charge in [-0.3, -0.25) is 0 Å². The van der Waals surface area contributed by atoms with E-state index in [1.807, 2.05) is 12.3 Å². The van der Waals surface area contributed by atoms with Crippen LogP contribution in [0, 0.1) is 0 Å². The average molecular weight is 180 g/mol. The van der Waals surface area contributed by atoms with Gasteiger partial charge in [0.25, 0.3) is 0 Å². The lowest BCUT2D eigenvalue weighted by Crippen LogP contribution is -1.74. The summed E-state index contributed by atoms with van der Waals surface area (Å²) in [6, 6.07) is 3.68. The van der Waals surface area contributed by atoms with Crippen LogP contribution < -0.4 is 0 Å². The lowest BCUT2D eigenvalue weighted by atomic mass is 10.3. The first-order valence-corrected chi connectivity index (χ1v) is 4.74. The highest BCUT2D eigenvalue weighted by Crippen LogP contribution is 2.27. The summed E-state index contributed by atoms with van der Waals surface area (Å²) in [7, 11) is 0. The molecule has 4 heteroatoms. The molecule has 0 fully saturated rings. The van der Waals surface area contributed by atoms with E-state index in [1.165, 1.54) is 0 Å². The van der Waals surface area contributed by atoms with Crippen LogP contribution in [0.5, 0.6) is 5.75 Å². The molecule has 0 amide bonds. The van der Waals surface area contributed by atoms with Crippen molar-refractivity contribution in [3.8, 4) is 5.75 Å². The van der Waals surface area contributed by atoms with Gasteiger partial charge in [0.05, 0.1) is 11.8 Å². The van der Waals surface area contributed by atoms with Crippen LogP contribution >= 0.6 is 11.8 Å². The highest BCUT2D eigenvalue weighted by atomic mass is 32.2. The Morgan fingerprint density at radius 3 is 3.08 bits per heavy atom. The van der Waals surface area contributed by atoms with Crippen LogP contribution in [0.4, 0.5) is 0 Å². The van der Waals surface area contributed by atoms with Crippen molar-refractivity contribution in [2.75, 3.05) is 6.26 Å². The normalized spacial score (nSPS) is 10.8. The molecule has 0 unspecified atom stereocenters. The van der Waals surface area contributed by atoms with Crippen molar-refractivity contribution in [3.05, 3.63) is 18.5 Å². The average Bonchev–Trinajstić information content (AvgIpc) is 2.52. The van der Waals surface area contributed by atoms with Crippen molar-refractivity contribution < 1.29 is 5.11 Å². The van der Waals surface area contributed by atoms with Gasteiger partial charge in [-0.05, 0) is 18.4 Å². The van der Waals surface area contributed by atoms with Crippen LogP contribution in [0.15, 0.2) is 23.4 Å². The topological polar surface area (TPSA) is 48.9 Å². The van der Waals surface area contributed by atoms with Crippen molar-refractivity contribution in [1.82, 2.24) is 9.97 Å². The predicted molar refractivity (Wildman–Crippen MR) is 49.5 cm³/mol. The van der Waals surface area contributed by atoms with Gasteiger partial charge < -0.3 is 10.1 Å². The quantitative estimate of drug-likeness (QED) is 0.660. The van der Waals surface area contributed by atoms with Gasteiger partial charge in [0, 0.05) is 4.90 Å². The number of H-pyrrole nitrogens is 1. The number of benzene rings is 1. The molecule has 2 N–H and O–H groups in total. The lowest BCUT2D eigenvalue weighted by Gasteiger charge is -1.97. The van der Waals surface area contributed by atoms with Crippen LogP contribution in [0.25, 0.3) is 11.0 Å². The third-order valence-corrected chi connectivity index (χ3v) is 2.42. The van der Waals surface area contributed by atoms with Crippen molar-refractivity contribution >= 4 is 22.8 Å². The van der Waals surface area contributed by atoms with Crippen LogP contribution in [0.2, 0.25) is 0 Å². The Morgan fingerprint density at radius 2 is 2.33 bits per heavy atom. The molecular weight excluding hydrogens is 172 g/mol. The Morgan fingerprint density at radius 1 is 1.50 bits per heavy atom. The third kappa shape index (κ3) is 1.04. The molecular formula is C8H8N2OS. The molecule has 0 spiro atoms. The van der Waals surface area contributed by atoms with Crippen LogP contribution in [-0.4, -0.2) is 21.3 Å². The second-order valence-electron chi connectivity index (χ2n) is 2.45. The van der Waals surface area contributed by atoms with E-state index in [-0.39, 0.29) is 5.75 Å². The zero-order chi connectivity index (χ0) is 8.55. The number of phenolic OH excluding ortho intramolecular Hbond substituents is 1. The molecule has 0 saturated heterocycles. The Bertz CT molecular complexity index is 410. The molecule has 12 heavy (non-hydrogen) atoms. The summed E-state index contributed by atoms with van der Waals surface area (Å²) < 4.78 is 0. The first-order chi connectivity index (χ1) is 5.81. The lowest BCUT2D eigenvalue weighted by molar-refractivity contribution is 0.479. The van der Waals surface area contributed by atoms with Gasteiger partial charge in [0.2, 0.25) is 0 Å². The van der Waals surface area contributed by atoms with Crippen LogP contribution in [0.1, 0.15) is 0 Å². The smallest absolute Gasteiger partial charge is 0.144 e. The van der Waals surface area contributed by atoms with Gasteiger partial charge in [0.1, 0.15) is 11.3 Å². The Balaban J connectivity index is 2.75. The fourth-order valence-electron chi connectivity index (χ4n) is 1.12. The summed E-state index contributed by atoms with van der Waals surface area (Å²) in [6.45, 7) is 0. The molecule has 0 bridgehead atoms. The van der Waals surface area contributed by atoms with Crippen LogP contribution in [-0.2, 0) is 0 Å².